The number of hydrogen-bond donors (Lipinski definition) is 1. The summed E-state index contributed by atoms with van der Waals surface area (Å²) in [5.74, 6) is 0. The first-order valence-corrected chi connectivity index (χ1v) is 7.13. The van der Waals surface area contributed by atoms with Gasteiger partial charge in [0.15, 0.2) is 0 Å². The molecule has 2 aromatic rings. The third-order valence-corrected chi connectivity index (χ3v) is 4.54. The van der Waals surface area contributed by atoms with Gasteiger partial charge in [-0.3, -0.25) is 0 Å². The molecule has 98 valence electrons. The van der Waals surface area contributed by atoms with Crippen LogP contribution in [0.25, 0.3) is 0 Å². The largest absolute Gasteiger partial charge is 0.312 e. The lowest BCUT2D eigenvalue weighted by molar-refractivity contribution is 0.463. The Morgan fingerprint density at radius 3 is 2.21 bits per heavy atom. The van der Waals surface area contributed by atoms with Crippen molar-refractivity contribution in [2.75, 3.05) is 7.05 Å². The summed E-state index contributed by atoms with van der Waals surface area (Å²) in [6, 6.07) is 19.2. The normalized spacial score (nSPS) is 18.0. The summed E-state index contributed by atoms with van der Waals surface area (Å²) in [6.07, 6.45) is 2.43. The molecule has 0 heterocycles. The highest BCUT2D eigenvalue weighted by molar-refractivity contribution is 6.31. The number of halogens is 1. The number of likely N-dealkylation sites (N-methyl/N-ethyl adjacent to an activating group) is 1. The van der Waals surface area contributed by atoms with Gasteiger partial charge in [0.05, 0.1) is 0 Å². The maximum Gasteiger partial charge on any atom is 0.0454 e. The maximum atomic E-state index is 6.38. The van der Waals surface area contributed by atoms with E-state index in [1.807, 2.05) is 19.2 Å². The van der Waals surface area contributed by atoms with E-state index in [9.17, 15) is 0 Å². The Hall–Kier alpha value is -1.31. The molecule has 0 spiro atoms. The summed E-state index contributed by atoms with van der Waals surface area (Å²) < 4.78 is 0. The predicted molar refractivity (Wildman–Crippen MR) is 80.6 cm³/mol. The second kappa shape index (κ2) is 4.99. The molecule has 1 fully saturated rings. The van der Waals surface area contributed by atoms with Gasteiger partial charge in [0.25, 0.3) is 0 Å². The van der Waals surface area contributed by atoms with Crippen LogP contribution in [0.1, 0.15) is 30.0 Å². The van der Waals surface area contributed by atoms with Crippen LogP contribution in [0.2, 0.25) is 5.02 Å². The lowest BCUT2D eigenvalue weighted by Crippen LogP contribution is -2.29. The molecule has 1 N–H and O–H groups in total. The van der Waals surface area contributed by atoms with Crippen LogP contribution in [-0.4, -0.2) is 7.05 Å². The van der Waals surface area contributed by atoms with E-state index in [0.717, 1.165) is 5.02 Å². The second-order valence-corrected chi connectivity index (χ2v) is 5.67. The van der Waals surface area contributed by atoms with Crippen molar-refractivity contribution in [1.29, 1.82) is 0 Å². The van der Waals surface area contributed by atoms with Gasteiger partial charge in [-0.1, -0.05) is 60.1 Å². The van der Waals surface area contributed by atoms with Gasteiger partial charge in [-0.2, -0.15) is 0 Å². The third-order valence-electron chi connectivity index (χ3n) is 4.19. The summed E-state index contributed by atoms with van der Waals surface area (Å²) >= 11 is 6.38. The molecule has 0 saturated heterocycles. The van der Waals surface area contributed by atoms with Crippen molar-refractivity contribution >= 4 is 11.6 Å². The summed E-state index contributed by atoms with van der Waals surface area (Å²) in [7, 11) is 2.02. The first kappa shape index (κ1) is 12.7. The van der Waals surface area contributed by atoms with Crippen LogP contribution in [0.4, 0.5) is 0 Å². The first-order valence-electron chi connectivity index (χ1n) is 6.75. The molecule has 0 aliphatic heterocycles. The molecule has 1 aliphatic rings. The molecule has 0 amide bonds. The van der Waals surface area contributed by atoms with Gasteiger partial charge in [-0.05, 0) is 37.1 Å². The quantitative estimate of drug-likeness (QED) is 0.873. The molecule has 2 heteroatoms. The topological polar surface area (TPSA) is 12.0 Å². The number of rotatable bonds is 4. The average Bonchev–Trinajstić information content (AvgIpc) is 3.24. The Bertz CT molecular complexity index is 560. The zero-order valence-corrected chi connectivity index (χ0v) is 11.8. The van der Waals surface area contributed by atoms with Crippen molar-refractivity contribution in [3.8, 4) is 0 Å². The van der Waals surface area contributed by atoms with Gasteiger partial charge in [0.1, 0.15) is 0 Å². The summed E-state index contributed by atoms with van der Waals surface area (Å²) in [5.41, 5.74) is 2.82. The second-order valence-electron chi connectivity index (χ2n) is 5.27. The van der Waals surface area contributed by atoms with E-state index in [1.165, 1.54) is 24.0 Å². The van der Waals surface area contributed by atoms with Crippen LogP contribution >= 0.6 is 11.6 Å². The molecular weight excluding hydrogens is 254 g/mol. The van der Waals surface area contributed by atoms with Crippen LogP contribution in [-0.2, 0) is 5.41 Å². The standard InChI is InChI=1S/C17H18ClN/c1-19-16(14-9-5-6-10-15(14)18)17(11-12-17)13-7-3-2-4-8-13/h2-10,16,19H,11-12H2,1H3. The van der Waals surface area contributed by atoms with Gasteiger partial charge in [-0.25, -0.2) is 0 Å². The molecule has 0 radical (unpaired) electrons. The van der Waals surface area contributed by atoms with Crippen molar-refractivity contribution in [2.45, 2.75) is 24.3 Å². The molecular formula is C17H18ClN. The minimum Gasteiger partial charge on any atom is -0.312 e. The van der Waals surface area contributed by atoms with Crippen molar-refractivity contribution in [1.82, 2.24) is 5.32 Å². The molecule has 0 bridgehead atoms. The van der Waals surface area contributed by atoms with E-state index in [1.54, 1.807) is 0 Å². The predicted octanol–water partition coefficient (Wildman–Crippen LogP) is 4.33. The van der Waals surface area contributed by atoms with E-state index in [4.69, 9.17) is 11.6 Å². The summed E-state index contributed by atoms with van der Waals surface area (Å²) in [5, 5.41) is 4.33. The van der Waals surface area contributed by atoms with Crippen LogP contribution in [0.15, 0.2) is 54.6 Å². The van der Waals surface area contributed by atoms with Crippen LogP contribution in [0.5, 0.6) is 0 Å². The minimum absolute atomic E-state index is 0.209. The zero-order chi connectivity index (χ0) is 13.3. The molecule has 1 unspecified atom stereocenters. The number of benzene rings is 2. The molecule has 19 heavy (non-hydrogen) atoms. The Balaban J connectivity index is 2.02. The Morgan fingerprint density at radius 1 is 1.00 bits per heavy atom. The van der Waals surface area contributed by atoms with Crippen molar-refractivity contribution in [2.24, 2.45) is 0 Å². The summed E-state index contributed by atoms with van der Waals surface area (Å²) in [4.78, 5) is 0. The van der Waals surface area contributed by atoms with Crippen molar-refractivity contribution in [3.63, 3.8) is 0 Å². The lowest BCUT2D eigenvalue weighted by Gasteiger charge is -2.28. The van der Waals surface area contributed by atoms with Gasteiger partial charge in [0.2, 0.25) is 0 Å². The zero-order valence-electron chi connectivity index (χ0n) is 11.1. The van der Waals surface area contributed by atoms with Crippen LogP contribution in [0, 0.1) is 0 Å². The molecule has 1 saturated carbocycles. The van der Waals surface area contributed by atoms with Crippen LogP contribution in [0.3, 0.4) is 0 Å². The Morgan fingerprint density at radius 2 is 1.63 bits per heavy atom. The first-order chi connectivity index (χ1) is 9.28. The van der Waals surface area contributed by atoms with Crippen molar-refractivity contribution < 1.29 is 0 Å². The van der Waals surface area contributed by atoms with Gasteiger partial charge in [0, 0.05) is 16.5 Å². The molecule has 1 atom stereocenters. The van der Waals surface area contributed by atoms with Gasteiger partial charge < -0.3 is 5.32 Å². The number of nitrogens with one attached hydrogen (secondary N) is 1. The fourth-order valence-electron chi connectivity index (χ4n) is 3.09. The molecule has 2 aromatic carbocycles. The highest BCUT2D eigenvalue weighted by Crippen LogP contribution is 2.57. The Labute approximate surface area is 119 Å². The average molecular weight is 272 g/mol. The lowest BCUT2D eigenvalue weighted by atomic mass is 9.84. The van der Waals surface area contributed by atoms with E-state index in [0.29, 0.717) is 0 Å². The van der Waals surface area contributed by atoms with E-state index in [2.05, 4.69) is 47.8 Å². The molecule has 1 aliphatic carbocycles. The highest BCUT2D eigenvalue weighted by Gasteiger charge is 2.50. The Kier molecular flexibility index (Phi) is 3.34. The third kappa shape index (κ3) is 2.18. The van der Waals surface area contributed by atoms with Crippen molar-refractivity contribution in [3.05, 3.63) is 70.7 Å². The fraction of sp³-hybridized carbons (Fsp3) is 0.294. The van der Waals surface area contributed by atoms with E-state index in [-0.39, 0.29) is 11.5 Å². The highest BCUT2D eigenvalue weighted by atomic mass is 35.5. The SMILES string of the molecule is CNC(c1ccccc1Cl)C1(c2ccccc2)CC1. The van der Waals surface area contributed by atoms with Gasteiger partial charge >= 0.3 is 0 Å². The molecule has 0 aromatic heterocycles. The fourth-order valence-corrected chi connectivity index (χ4v) is 3.33. The number of hydrogen-bond acceptors (Lipinski definition) is 1. The molecule has 3 rings (SSSR count). The minimum atomic E-state index is 0.209. The van der Waals surface area contributed by atoms with Crippen LogP contribution < -0.4 is 5.32 Å². The monoisotopic (exact) mass is 271 g/mol. The smallest absolute Gasteiger partial charge is 0.0454 e. The van der Waals surface area contributed by atoms with Gasteiger partial charge in [-0.15, -0.1) is 0 Å². The van der Waals surface area contributed by atoms with E-state index < -0.39 is 0 Å². The maximum absolute atomic E-state index is 6.38. The van der Waals surface area contributed by atoms with E-state index >= 15 is 0 Å². The molecule has 1 nitrogen and oxygen atoms in total. The summed E-state index contributed by atoms with van der Waals surface area (Å²) in [6.45, 7) is 0.